The Morgan fingerprint density at radius 2 is 1.74 bits per heavy atom. The quantitative estimate of drug-likeness (QED) is 0.256. The minimum Gasteiger partial charge on any atom is -0.369 e. The third kappa shape index (κ3) is 7.86. The molecule has 2 atom stereocenters. The summed E-state index contributed by atoms with van der Waals surface area (Å²) in [5, 5.41) is 18.8. The number of aliphatic hydroxyl groups excluding tert-OH is 1. The maximum Gasteiger partial charge on any atom is 0.434 e. The molecule has 3 aromatic rings. The predicted octanol–water partition coefficient (Wildman–Crippen LogP) is 4.28. The lowest BCUT2D eigenvalue weighted by Gasteiger charge is -2.33. The molecule has 0 aliphatic heterocycles. The number of carbonyl (C=O) groups excluding carboxylic acids is 2. The number of hydrogen-bond acceptors (Lipinski definition) is 7. The molecule has 3 N–H and O–H groups in total. The fourth-order valence-corrected chi connectivity index (χ4v) is 4.43. The number of amides is 2. The molecule has 4 rings (SSSR count). The summed E-state index contributed by atoms with van der Waals surface area (Å²) in [5.41, 5.74) is -1.96. The number of alkyl halides is 8. The van der Waals surface area contributed by atoms with Gasteiger partial charge in [0, 0.05) is 24.8 Å². The van der Waals surface area contributed by atoms with Gasteiger partial charge < -0.3 is 15.7 Å². The summed E-state index contributed by atoms with van der Waals surface area (Å²) in [6, 6.07) is 0.180. The Morgan fingerprint density at radius 3 is 2.38 bits per heavy atom. The van der Waals surface area contributed by atoms with Crippen LogP contribution in [0.5, 0.6) is 0 Å². The van der Waals surface area contributed by atoms with E-state index >= 15 is 0 Å². The summed E-state index contributed by atoms with van der Waals surface area (Å²) in [6.07, 6.45) is -10.9. The summed E-state index contributed by atoms with van der Waals surface area (Å²) >= 11 is 0. The second-order valence-corrected chi connectivity index (χ2v) is 9.77. The number of aromatic nitrogens is 5. The zero-order valence-electron chi connectivity index (χ0n) is 21.4. The van der Waals surface area contributed by atoms with Gasteiger partial charge in [0.1, 0.15) is 5.69 Å². The SMILES string of the molecule is O=C(CCC(F)(F)F)N[C@H](O)c1cnn2cc([C@@H](NC(=O)c3cncc(C(F)(F)F)n3)C3CCC(F)(F)CC3)nc2c1. The van der Waals surface area contributed by atoms with E-state index in [9.17, 15) is 49.8 Å². The van der Waals surface area contributed by atoms with Crippen molar-refractivity contribution in [1.29, 1.82) is 0 Å². The third-order valence-electron chi connectivity index (χ3n) is 6.60. The molecule has 18 heteroatoms. The third-order valence-corrected chi connectivity index (χ3v) is 6.60. The highest BCUT2D eigenvalue weighted by molar-refractivity contribution is 5.92. The van der Waals surface area contributed by atoms with Gasteiger partial charge in [0.05, 0.1) is 42.9 Å². The van der Waals surface area contributed by atoms with Crippen molar-refractivity contribution in [2.45, 2.75) is 69.1 Å². The fraction of sp³-hybridized carbons (Fsp3) is 0.500. The molecule has 0 bridgehead atoms. The number of fused-ring (bicyclic) bond motifs is 1. The molecule has 3 heterocycles. The van der Waals surface area contributed by atoms with Gasteiger partial charge in [0.15, 0.2) is 17.6 Å². The minimum absolute atomic E-state index is 0.0443. The van der Waals surface area contributed by atoms with E-state index in [1.54, 1.807) is 0 Å². The topological polar surface area (TPSA) is 134 Å². The van der Waals surface area contributed by atoms with Crippen molar-refractivity contribution in [3.8, 4) is 0 Å². The molecule has 10 nitrogen and oxygen atoms in total. The van der Waals surface area contributed by atoms with E-state index in [1.165, 1.54) is 16.8 Å². The van der Waals surface area contributed by atoms with Crippen LogP contribution in [0, 0.1) is 5.92 Å². The summed E-state index contributed by atoms with van der Waals surface area (Å²) in [7, 11) is 0. The maximum absolute atomic E-state index is 13.9. The lowest BCUT2D eigenvalue weighted by atomic mass is 9.81. The Balaban J connectivity index is 1.58. The maximum atomic E-state index is 13.9. The molecule has 0 radical (unpaired) electrons. The Bertz CT molecular complexity index is 1430. The van der Waals surface area contributed by atoms with Gasteiger partial charge in [-0.3, -0.25) is 14.6 Å². The molecule has 0 spiro atoms. The Labute approximate surface area is 231 Å². The molecule has 1 aliphatic carbocycles. The van der Waals surface area contributed by atoms with E-state index < -0.39 is 85.3 Å². The molecule has 0 aromatic carbocycles. The van der Waals surface area contributed by atoms with Crippen LogP contribution in [-0.4, -0.2) is 53.6 Å². The molecule has 3 aromatic heterocycles. The van der Waals surface area contributed by atoms with Crippen LogP contribution in [0.2, 0.25) is 0 Å². The molecule has 228 valence electrons. The second kappa shape index (κ2) is 11.7. The molecule has 0 saturated heterocycles. The number of aliphatic hydroxyl groups is 1. The Kier molecular flexibility index (Phi) is 8.65. The lowest BCUT2D eigenvalue weighted by Crippen LogP contribution is -2.37. The van der Waals surface area contributed by atoms with Gasteiger partial charge >= 0.3 is 12.4 Å². The van der Waals surface area contributed by atoms with Gasteiger partial charge in [-0.15, -0.1) is 0 Å². The standard InChI is InChI=1S/C24H23F8N7O3/c25-22(26)4-1-12(2-5-22)19(38-21(42)14-9-33-10-16(35-14)24(30,31)32)15-11-39-17(36-15)7-13(8-34-39)20(41)37-18(40)3-6-23(27,28)29/h7-12,19-20,41H,1-6H2,(H,37,40)(H,38,42)/t19-,20+/m0/s1. The molecule has 2 amide bonds. The molecule has 42 heavy (non-hydrogen) atoms. The van der Waals surface area contributed by atoms with E-state index in [2.05, 4.69) is 25.4 Å². The van der Waals surface area contributed by atoms with E-state index in [0.717, 1.165) is 12.4 Å². The van der Waals surface area contributed by atoms with Crippen LogP contribution in [0.1, 0.15) is 78.2 Å². The number of nitrogens with one attached hydrogen (secondary N) is 2. The van der Waals surface area contributed by atoms with Crippen molar-refractivity contribution >= 4 is 17.5 Å². The average Bonchev–Trinajstić information content (AvgIpc) is 3.33. The average molecular weight is 609 g/mol. The van der Waals surface area contributed by atoms with Gasteiger partial charge in [-0.1, -0.05) is 0 Å². The smallest absolute Gasteiger partial charge is 0.369 e. The zero-order chi connectivity index (χ0) is 30.9. The second-order valence-electron chi connectivity index (χ2n) is 9.77. The van der Waals surface area contributed by atoms with E-state index in [1.807, 2.05) is 5.32 Å². The Morgan fingerprint density at radius 1 is 1.05 bits per heavy atom. The van der Waals surface area contributed by atoms with Crippen LogP contribution in [0.25, 0.3) is 5.65 Å². The van der Waals surface area contributed by atoms with Crippen molar-refractivity contribution in [1.82, 2.24) is 35.2 Å². The van der Waals surface area contributed by atoms with E-state index in [4.69, 9.17) is 0 Å². The molecule has 1 saturated carbocycles. The van der Waals surface area contributed by atoms with Crippen LogP contribution in [0.4, 0.5) is 35.1 Å². The first-order valence-corrected chi connectivity index (χ1v) is 12.5. The largest absolute Gasteiger partial charge is 0.434 e. The van der Waals surface area contributed by atoms with Crippen LogP contribution in [0.15, 0.2) is 30.9 Å². The minimum atomic E-state index is -4.87. The first kappa shape index (κ1) is 31.0. The molecule has 0 unspecified atom stereocenters. The number of halogens is 8. The first-order valence-electron chi connectivity index (χ1n) is 12.5. The highest BCUT2D eigenvalue weighted by Crippen LogP contribution is 2.41. The van der Waals surface area contributed by atoms with E-state index in [-0.39, 0.29) is 29.7 Å². The molecular weight excluding hydrogens is 586 g/mol. The predicted molar refractivity (Wildman–Crippen MR) is 126 cm³/mol. The van der Waals surface area contributed by atoms with Crippen molar-refractivity contribution in [3.05, 3.63) is 53.5 Å². The fourth-order valence-electron chi connectivity index (χ4n) is 4.43. The van der Waals surface area contributed by atoms with E-state index in [0.29, 0.717) is 6.20 Å². The van der Waals surface area contributed by atoms with Crippen molar-refractivity contribution < 1.29 is 49.8 Å². The summed E-state index contributed by atoms with van der Waals surface area (Å²) in [5.74, 6) is -5.65. The van der Waals surface area contributed by atoms with Gasteiger partial charge in [-0.05, 0) is 24.8 Å². The highest BCUT2D eigenvalue weighted by atomic mass is 19.4. The monoisotopic (exact) mass is 609 g/mol. The van der Waals surface area contributed by atoms with Crippen molar-refractivity contribution in [2.24, 2.45) is 5.92 Å². The van der Waals surface area contributed by atoms with Crippen LogP contribution in [0.3, 0.4) is 0 Å². The van der Waals surface area contributed by atoms with Crippen LogP contribution >= 0.6 is 0 Å². The number of carbonyl (C=O) groups is 2. The number of imidazole rings is 1. The van der Waals surface area contributed by atoms with Gasteiger partial charge in [-0.25, -0.2) is 23.3 Å². The summed E-state index contributed by atoms with van der Waals surface area (Å²) in [4.78, 5) is 35.7. The normalized spacial score (nSPS) is 17.5. The van der Waals surface area contributed by atoms with Crippen molar-refractivity contribution in [2.75, 3.05) is 0 Å². The van der Waals surface area contributed by atoms with Gasteiger partial charge in [0.25, 0.3) is 5.91 Å². The highest BCUT2D eigenvalue weighted by Gasteiger charge is 2.40. The van der Waals surface area contributed by atoms with Gasteiger partial charge in [-0.2, -0.15) is 31.4 Å². The summed E-state index contributed by atoms with van der Waals surface area (Å²) in [6.45, 7) is 0. The number of rotatable bonds is 8. The number of nitrogens with zero attached hydrogens (tertiary/aromatic N) is 5. The lowest BCUT2D eigenvalue weighted by molar-refractivity contribution is -0.145. The zero-order valence-corrected chi connectivity index (χ0v) is 21.4. The molecule has 1 fully saturated rings. The molecular formula is C24H23F8N7O3. The number of hydrogen-bond donors (Lipinski definition) is 3. The first-order chi connectivity index (χ1) is 19.5. The van der Waals surface area contributed by atoms with Crippen LogP contribution in [-0.2, 0) is 11.0 Å². The Hall–Kier alpha value is -3.96. The summed E-state index contributed by atoms with van der Waals surface area (Å²) < 4.78 is 105. The molecule has 1 aliphatic rings. The van der Waals surface area contributed by atoms with Gasteiger partial charge in [0.2, 0.25) is 11.8 Å². The van der Waals surface area contributed by atoms with Crippen molar-refractivity contribution in [3.63, 3.8) is 0 Å². The van der Waals surface area contributed by atoms with Crippen LogP contribution < -0.4 is 10.6 Å².